The van der Waals surface area contributed by atoms with Crippen molar-refractivity contribution in [2.75, 3.05) is 16.4 Å². The number of hydrogen-bond acceptors (Lipinski definition) is 5. The summed E-state index contributed by atoms with van der Waals surface area (Å²) in [6.45, 7) is 0. The molecule has 0 aliphatic rings. The molecule has 0 saturated carbocycles. The maximum Gasteiger partial charge on any atom is 0.573 e. The lowest BCUT2D eigenvalue weighted by atomic mass is 10.0. The topological polar surface area (TPSA) is 102 Å². The quantitative estimate of drug-likeness (QED) is 0.275. The second-order valence-electron chi connectivity index (χ2n) is 7.16. The predicted octanol–water partition coefficient (Wildman–Crippen LogP) is 6.64. The van der Waals surface area contributed by atoms with E-state index in [9.17, 15) is 31.1 Å². The summed E-state index contributed by atoms with van der Waals surface area (Å²) in [6.07, 6.45) is -9.50. The van der Waals surface area contributed by atoms with Crippen LogP contribution in [0, 0.1) is 0 Å². The Morgan fingerprint density at radius 3 is 2.26 bits per heavy atom. The number of urea groups is 1. The van der Waals surface area contributed by atoms with Gasteiger partial charge in [-0.05, 0) is 53.6 Å². The molecule has 3 aromatic carbocycles. The van der Waals surface area contributed by atoms with Crippen molar-refractivity contribution in [1.82, 2.24) is 5.16 Å². The molecule has 0 bridgehead atoms. The van der Waals surface area contributed by atoms with Crippen LogP contribution < -0.4 is 21.1 Å². The SMILES string of the molecule is Nc1onc2c(OC(F)(F)F)ccc(-c3ccc(NC(=O)Nc4cccc(C(F)(F)F)c4)cc3)c12. The maximum atomic E-state index is 12.8. The number of fused-ring (bicyclic) bond motifs is 1. The number of nitrogens with zero attached hydrogens (tertiary/aromatic N) is 1. The highest BCUT2D eigenvalue weighted by Gasteiger charge is 2.33. The summed E-state index contributed by atoms with van der Waals surface area (Å²) in [7, 11) is 0. The lowest BCUT2D eigenvalue weighted by Gasteiger charge is -2.12. The number of benzene rings is 3. The van der Waals surface area contributed by atoms with Crippen LogP contribution >= 0.6 is 0 Å². The molecule has 4 rings (SSSR count). The van der Waals surface area contributed by atoms with Gasteiger partial charge in [-0.2, -0.15) is 13.2 Å². The fourth-order valence-corrected chi connectivity index (χ4v) is 3.30. The molecule has 0 radical (unpaired) electrons. The molecule has 0 saturated heterocycles. The summed E-state index contributed by atoms with van der Waals surface area (Å²) in [5.41, 5.74) is 5.76. The number of carbonyl (C=O) groups excluding carboxylic acids is 1. The lowest BCUT2D eigenvalue weighted by Crippen LogP contribution is -2.19. The second-order valence-corrected chi connectivity index (χ2v) is 7.16. The third-order valence-corrected chi connectivity index (χ3v) is 4.75. The van der Waals surface area contributed by atoms with E-state index in [1.165, 1.54) is 24.3 Å². The highest BCUT2D eigenvalue weighted by atomic mass is 19.4. The number of amides is 2. The van der Waals surface area contributed by atoms with Crippen molar-refractivity contribution in [2.45, 2.75) is 12.5 Å². The van der Waals surface area contributed by atoms with Crippen molar-refractivity contribution in [3.63, 3.8) is 0 Å². The van der Waals surface area contributed by atoms with Crippen LogP contribution in [0.15, 0.2) is 65.2 Å². The smallest absolute Gasteiger partial charge is 0.403 e. The van der Waals surface area contributed by atoms with E-state index in [-0.39, 0.29) is 22.5 Å². The molecule has 0 aliphatic carbocycles. The van der Waals surface area contributed by atoms with Gasteiger partial charge in [-0.1, -0.05) is 23.4 Å². The molecule has 0 unspecified atom stereocenters. The van der Waals surface area contributed by atoms with E-state index in [4.69, 9.17) is 10.3 Å². The highest BCUT2D eigenvalue weighted by molar-refractivity contribution is 6.04. The third-order valence-electron chi connectivity index (χ3n) is 4.75. The molecule has 182 valence electrons. The van der Waals surface area contributed by atoms with Crippen molar-refractivity contribution in [1.29, 1.82) is 0 Å². The highest BCUT2D eigenvalue weighted by Crippen LogP contribution is 2.39. The summed E-state index contributed by atoms with van der Waals surface area (Å²) in [5, 5.41) is 8.44. The minimum absolute atomic E-state index is 0.0552. The molecule has 13 heteroatoms. The number of anilines is 3. The number of nitrogen functional groups attached to an aromatic ring is 1. The Morgan fingerprint density at radius 1 is 0.914 bits per heavy atom. The van der Waals surface area contributed by atoms with E-state index in [1.54, 1.807) is 12.1 Å². The number of carbonyl (C=O) groups is 1. The van der Waals surface area contributed by atoms with Crippen LogP contribution in [-0.4, -0.2) is 17.6 Å². The zero-order valence-corrected chi connectivity index (χ0v) is 17.3. The molecule has 35 heavy (non-hydrogen) atoms. The van der Waals surface area contributed by atoms with Gasteiger partial charge in [-0.15, -0.1) is 13.2 Å². The summed E-state index contributed by atoms with van der Waals surface area (Å²) in [6, 6.07) is 11.8. The first-order valence-corrected chi connectivity index (χ1v) is 9.70. The fraction of sp³-hybridized carbons (Fsp3) is 0.0909. The second kappa shape index (κ2) is 8.74. The van der Waals surface area contributed by atoms with Gasteiger partial charge in [0.2, 0.25) is 5.88 Å². The molecule has 0 aliphatic heterocycles. The number of ether oxygens (including phenoxy) is 1. The molecule has 7 nitrogen and oxygen atoms in total. The molecule has 4 aromatic rings. The first-order chi connectivity index (χ1) is 16.4. The number of alkyl halides is 6. The summed E-state index contributed by atoms with van der Waals surface area (Å²) >= 11 is 0. The maximum absolute atomic E-state index is 12.8. The first-order valence-electron chi connectivity index (χ1n) is 9.70. The third kappa shape index (κ3) is 5.39. The van der Waals surface area contributed by atoms with Crippen molar-refractivity contribution in [2.24, 2.45) is 0 Å². The Kier molecular flexibility index (Phi) is 5.92. The van der Waals surface area contributed by atoms with E-state index >= 15 is 0 Å². The number of hydrogen-bond donors (Lipinski definition) is 3. The average Bonchev–Trinajstić information content (AvgIpc) is 3.15. The van der Waals surface area contributed by atoms with E-state index in [0.29, 0.717) is 16.8 Å². The van der Waals surface area contributed by atoms with Gasteiger partial charge in [0.15, 0.2) is 11.3 Å². The van der Waals surface area contributed by atoms with E-state index in [0.717, 1.165) is 24.3 Å². The van der Waals surface area contributed by atoms with E-state index in [2.05, 4.69) is 20.5 Å². The molecule has 1 heterocycles. The standard InChI is InChI=1S/C22H14F6N4O3/c23-21(24,25)12-2-1-3-14(10-12)31-20(33)30-13-6-4-11(5-7-13)15-8-9-16(34-22(26,27)28)18-17(15)19(29)35-32-18/h1-10H,29H2,(H2,30,31,33). The molecule has 2 amide bonds. The number of halogens is 6. The minimum Gasteiger partial charge on any atom is -0.403 e. The number of aromatic nitrogens is 1. The summed E-state index contributed by atoms with van der Waals surface area (Å²) in [4.78, 5) is 12.2. The Hall–Kier alpha value is -4.42. The van der Waals surface area contributed by atoms with Gasteiger partial charge in [0.05, 0.1) is 10.9 Å². The van der Waals surface area contributed by atoms with Gasteiger partial charge >= 0.3 is 18.6 Å². The zero-order valence-electron chi connectivity index (χ0n) is 17.3. The van der Waals surface area contributed by atoms with Crippen molar-refractivity contribution in [3.05, 3.63) is 66.2 Å². The Morgan fingerprint density at radius 2 is 1.60 bits per heavy atom. The van der Waals surface area contributed by atoms with Crippen LogP contribution in [0.3, 0.4) is 0 Å². The van der Waals surface area contributed by atoms with Crippen molar-refractivity contribution >= 4 is 34.2 Å². The average molecular weight is 496 g/mol. The predicted molar refractivity (Wildman–Crippen MR) is 115 cm³/mol. The van der Waals surface area contributed by atoms with Gasteiger partial charge in [0.25, 0.3) is 0 Å². The zero-order chi connectivity index (χ0) is 25.4. The van der Waals surface area contributed by atoms with Crippen molar-refractivity contribution in [3.8, 4) is 16.9 Å². The van der Waals surface area contributed by atoms with Crippen LogP contribution in [0.5, 0.6) is 5.75 Å². The van der Waals surface area contributed by atoms with Crippen LogP contribution in [0.2, 0.25) is 0 Å². The first kappa shape index (κ1) is 23.7. The van der Waals surface area contributed by atoms with Crippen LogP contribution in [0.4, 0.5) is 48.4 Å². The minimum atomic E-state index is -4.94. The fourth-order valence-electron chi connectivity index (χ4n) is 3.30. The van der Waals surface area contributed by atoms with Gasteiger partial charge in [-0.3, -0.25) is 0 Å². The Labute approximate surface area is 192 Å². The van der Waals surface area contributed by atoms with Crippen LogP contribution in [-0.2, 0) is 6.18 Å². The monoisotopic (exact) mass is 496 g/mol. The van der Waals surface area contributed by atoms with E-state index in [1.807, 2.05) is 0 Å². The normalized spacial score (nSPS) is 11.9. The number of rotatable bonds is 4. The van der Waals surface area contributed by atoms with Gasteiger partial charge in [0.1, 0.15) is 0 Å². The number of nitrogens with one attached hydrogen (secondary N) is 2. The Bertz CT molecular complexity index is 1380. The van der Waals surface area contributed by atoms with Gasteiger partial charge < -0.3 is 25.6 Å². The molecule has 0 spiro atoms. The molecule has 4 N–H and O–H groups in total. The molecule has 0 atom stereocenters. The molecule has 1 aromatic heterocycles. The summed E-state index contributed by atoms with van der Waals surface area (Å²) < 4.78 is 85.2. The van der Waals surface area contributed by atoms with Gasteiger partial charge in [-0.25, -0.2) is 4.79 Å². The van der Waals surface area contributed by atoms with Crippen LogP contribution in [0.25, 0.3) is 22.0 Å². The molecular formula is C22H14F6N4O3. The Balaban J connectivity index is 1.52. The summed E-state index contributed by atoms with van der Waals surface area (Å²) in [5.74, 6) is -0.799. The van der Waals surface area contributed by atoms with Crippen LogP contribution in [0.1, 0.15) is 5.56 Å². The number of nitrogens with two attached hydrogens (primary N) is 1. The van der Waals surface area contributed by atoms with Crippen molar-refractivity contribution < 1.29 is 40.4 Å². The van der Waals surface area contributed by atoms with E-state index < -0.39 is 29.9 Å². The molecular weight excluding hydrogens is 482 g/mol. The van der Waals surface area contributed by atoms with Gasteiger partial charge in [0, 0.05) is 11.4 Å². The largest absolute Gasteiger partial charge is 0.573 e. The lowest BCUT2D eigenvalue weighted by molar-refractivity contribution is -0.274. The molecule has 0 fully saturated rings.